The van der Waals surface area contributed by atoms with E-state index in [9.17, 15) is 0 Å². The minimum absolute atomic E-state index is 0.161. The molecule has 2 atom stereocenters. The van der Waals surface area contributed by atoms with Crippen molar-refractivity contribution >= 4 is 0 Å². The van der Waals surface area contributed by atoms with Gasteiger partial charge in [0, 0.05) is 6.54 Å². The molecule has 0 saturated heterocycles. The standard InChI is InChI=1S/C15H29NO/c1-13-7-6-8-14(11-13)17-15(12-16-2)9-4-3-5-10-15/h13-14,16H,3-12H2,1-2H3. The van der Waals surface area contributed by atoms with Crippen molar-refractivity contribution in [1.82, 2.24) is 5.32 Å². The molecule has 2 aliphatic rings. The van der Waals surface area contributed by atoms with Crippen molar-refractivity contribution in [1.29, 1.82) is 0 Å². The maximum atomic E-state index is 6.57. The summed E-state index contributed by atoms with van der Waals surface area (Å²) in [5, 5.41) is 3.35. The van der Waals surface area contributed by atoms with Gasteiger partial charge in [-0.15, -0.1) is 0 Å². The van der Waals surface area contributed by atoms with Gasteiger partial charge in [0.2, 0.25) is 0 Å². The van der Waals surface area contributed by atoms with Gasteiger partial charge in [-0.1, -0.05) is 39.0 Å². The Kier molecular flexibility index (Phi) is 4.87. The summed E-state index contributed by atoms with van der Waals surface area (Å²) in [5.74, 6) is 0.865. The summed E-state index contributed by atoms with van der Waals surface area (Å²) in [7, 11) is 2.06. The van der Waals surface area contributed by atoms with Crippen molar-refractivity contribution in [2.75, 3.05) is 13.6 Å². The highest BCUT2D eigenvalue weighted by molar-refractivity contribution is 4.88. The fourth-order valence-electron chi connectivity index (χ4n) is 3.69. The van der Waals surface area contributed by atoms with Crippen molar-refractivity contribution in [2.24, 2.45) is 5.92 Å². The molecule has 1 N–H and O–H groups in total. The molecule has 0 amide bonds. The highest BCUT2D eigenvalue weighted by Crippen LogP contribution is 2.36. The first-order valence-electron chi connectivity index (χ1n) is 7.56. The largest absolute Gasteiger partial charge is 0.370 e. The summed E-state index contributed by atoms with van der Waals surface area (Å²) >= 11 is 0. The normalized spacial score (nSPS) is 33.5. The lowest BCUT2D eigenvalue weighted by Crippen LogP contribution is -2.46. The molecule has 0 aromatic rings. The first kappa shape index (κ1) is 13.4. The summed E-state index contributed by atoms with van der Waals surface area (Å²) in [5.41, 5.74) is 0.161. The minimum atomic E-state index is 0.161. The Labute approximate surface area is 107 Å². The third-order valence-electron chi connectivity index (χ3n) is 4.57. The Morgan fingerprint density at radius 3 is 2.53 bits per heavy atom. The van der Waals surface area contributed by atoms with Crippen LogP contribution in [0.2, 0.25) is 0 Å². The van der Waals surface area contributed by atoms with E-state index in [2.05, 4.69) is 19.3 Å². The van der Waals surface area contributed by atoms with Gasteiger partial charge >= 0.3 is 0 Å². The molecule has 2 saturated carbocycles. The molecule has 17 heavy (non-hydrogen) atoms. The van der Waals surface area contributed by atoms with E-state index in [1.54, 1.807) is 0 Å². The molecule has 0 radical (unpaired) electrons. The van der Waals surface area contributed by atoms with Gasteiger partial charge in [0.25, 0.3) is 0 Å². The maximum absolute atomic E-state index is 6.57. The Balaban J connectivity index is 1.91. The monoisotopic (exact) mass is 239 g/mol. The molecule has 2 fully saturated rings. The third-order valence-corrected chi connectivity index (χ3v) is 4.57. The molecule has 2 unspecified atom stereocenters. The highest BCUT2D eigenvalue weighted by Gasteiger charge is 2.35. The van der Waals surface area contributed by atoms with E-state index in [0.717, 1.165) is 12.5 Å². The number of likely N-dealkylation sites (N-methyl/N-ethyl adjacent to an activating group) is 1. The molecule has 2 heteroatoms. The predicted octanol–water partition coefficient (Wildman–Crippen LogP) is 3.50. The minimum Gasteiger partial charge on any atom is -0.370 e. The lowest BCUT2D eigenvalue weighted by molar-refractivity contribution is -0.125. The van der Waals surface area contributed by atoms with Gasteiger partial charge in [-0.2, -0.15) is 0 Å². The van der Waals surface area contributed by atoms with Gasteiger partial charge in [-0.05, 0) is 38.6 Å². The van der Waals surface area contributed by atoms with Crippen LogP contribution in [0, 0.1) is 5.92 Å². The first-order valence-corrected chi connectivity index (χ1v) is 7.56. The average molecular weight is 239 g/mol. The van der Waals surface area contributed by atoms with Crippen LogP contribution in [0.3, 0.4) is 0 Å². The Hall–Kier alpha value is -0.0800. The van der Waals surface area contributed by atoms with E-state index in [-0.39, 0.29) is 5.60 Å². The van der Waals surface area contributed by atoms with Gasteiger partial charge < -0.3 is 10.1 Å². The van der Waals surface area contributed by atoms with Crippen LogP contribution in [0.4, 0.5) is 0 Å². The number of rotatable bonds is 4. The van der Waals surface area contributed by atoms with Crippen LogP contribution in [-0.2, 0) is 4.74 Å². The van der Waals surface area contributed by atoms with Crippen molar-refractivity contribution in [3.63, 3.8) is 0 Å². The molecule has 2 aliphatic carbocycles. The highest BCUT2D eigenvalue weighted by atomic mass is 16.5. The van der Waals surface area contributed by atoms with E-state index in [1.807, 2.05) is 0 Å². The van der Waals surface area contributed by atoms with Crippen molar-refractivity contribution < 1.29 is 4.74 Å². The van der Waals surface area contributed by atoms with Gasteiger partial charge in [0.15, 0.2) is 0 Å². The maximum Gasteiger partial charge on any atom is 0.0809 e. The van der Waals surface area contributed by atoms with Crippen LogP contribution in [0.15, 0.2) is 0 Å². The Morgan fingerprint density at radius 2 is 1.88 bits per heavy atom. The molecule has 0 aromatic heterocycles. The fourth-order valence-corrected chi connectivity index (χ4v) is 3.69. The average Bonchev–Trinajstić information content (AvgIpc) is 2.30. The lowest BCUT2D eigenvalue weighted by Gasteiger charge is -2.42. The fraction of sp³-hybridized carbons (Fsp3) is 1.00. The van der Waals surface area contributed by atoms with Gasteiger partial charge in [-0.3, -0.25) is 0 Å². The van der Waals surface area contributed by atoms with E-state index in [0.29, 0.717) is 6.10 Å². The zero-order chi connectivity index (χ0) is 12.1. The Morgan fingerprint density at radius 1 is 1.12 bits per heavy atom. The molecule has 0 aromatic carbocycles. The quantitative estimate of drug-likeness (QED) is 0.810. The van der Waals surface area contributed by atoms with Crippen molar-refractivity contribution in [3.05, 3.63) is 0 Å². The summed E-state index contributed by atoms with van der Waals surface area (Å²) < 4.78 is 6.57. The zero-order valence-electron chi connectivity index (χ0n) is 11.6. The molecule has 0 aliphatic heterocycles. The number of hydrogen-bond acceptors (Lipinski definition) is 2. The summed E-state index contributed by atoms with van der Waals surface area (Å²) in [6.45, 7) is 3.42. The molecular formula is C15H29NO. The van der Waals surface area contributed by atoms with Crippen LogP contribution < -0.4 is 5.32 Å². The topological polar surface area (TPSA) is 21.3 Å². The van der Waals surface area contributed by atoms with Crippen LogP contribution in [0.1, 0.15) is 64.7 Å². The summed E-state index contributed by atoms with van der Waals surface area (Å²) in [6, 6.07) is 0. The smallest absolute Gasteiger partial charge is 0.0809 e. The lowest BCUT2D eigenvalue weighted by atomic mass is 9.83. The number of nitrogens with one attached hydrogen (secondary N) is 1. The summed E-state index contributed by atoms with van der Waals surface area (Å²) in [4.78, 5) is 0. The van der Waals surface area contributed by atoms with Crippen molar-refractivity contribution in [3.8, 4) is 0 Å². The third kappa shape index (κ3) is 3.69. The van der Waals surface area contributed by atoms with E-state index in [4.69, 9.17) is 4.74 Å². The SMILES string of the molecule is CNCC1(OC2CCCC(C)C2)CCCCC1. The molecule has 0 bridgehead atoms. The molecule has 0 spiro atoms. The second-order valence-electron chi connectivity index (χ2n) is 6.29. The van der Waals surface area contributed by atoms with Crippen LogP contribution in [0.5, 0.6) is 0 Å². The zero-order valence-corrected chi connectivity index (χ0v) is 11.6. The van der Waals surface area contributed by atoms with Crippen molar-refractivity contribution in [2.45, 2.75) is 76.4 Å². The second-order valence-corrected chi connectivity index (χ2v) is 6.29. The van der Waals surface area contributed by atoms with E-state index < -0.39 is 0 Å². The van der Waals surface area contributed by atoms with E-state index >= 15 is 0 Å². The van der Waals surface area contributed by atoms with Crippen LogP contribution in [-0.4, -0.2) is 25.3 Å². The second kappa shape index (κ2) is 6.19. The van der Waals surface area contributed by atoms with Gasteiger partial charge in [0.1, 0.15) is 0 Å². The first-order chi connectivity index (χ1) is 8.24. The van der Waals surface area contributed by atoms with Gasteiger partial charge in [0.05, 0.1) is 11.7 Å². The molecule has 2 nitrogen and oxygen atoms in total. The molecule has 0 heterocycles. The predicted molar refractivity (Wildman–Crippen MR) is 72.2 cm³/mol. The Bertz CT molecular complexity index is 217. The van der Waals surface area contributed by atoms with Gasteiger partial charge in [-0.25, -0.2) is 0 Å². The number of hydrogen-bond donors (Lipinski definition) is 1. The van der Waals surface area contributed by atoms with E-state index in [1.165, 1.54) is 57.8 Å². The van der Waals surface area contributed by atoms with Crippen LogP contribution >= 0.6 is 0 Å². The molecular weight excluding hydrogens is 210 g/mol. The summed E-state index contributed by atoms with van der Waals surface area (Å²) in [6.07, 6.45) is 12.5. The molecule has 100 valence electrons. The molecule has 2 rings (SSSR count). The van der Waals surface area contributed by atoms with Crippen LogP contribution in [0.25, 0.3) is 0 Å². The number of ether oxygens (including phenoxy) is 1.